The van der Waals surface area contributed by atoms with Gasteiger partial charge < -0.3 is 10.2 Å². The third-order valence-electron chi connectivity index (χ3n) is 2.05. The standard InChI is InChI=1S/C10H10O2S/c1-6-2-7(4-11)10-8(12)5-13-9(10)3-6/h2-3,5,11-12H,4H2,1H3. The van der Waals surface area contributed by atoms with E-state index in [0.29, 0.717) is 0 Å². The Kier molecular flexibility index (Phi) is 1.98. The number of hydrogen-bond acceptors (Lipinski definition) is 3. The molecular weight excluding hydrogens is 184 g/mol. The lowest BCUT2D eigenvalue weighted by Crippen LogP contribution is -1.85. The topological polar surface area (TPSA) is 40.5 Å². The molecule has 1 heterocycles. The molecule has 0 saturated carbocycles. The lowest BCUT2D eigenvalue weighted by Gasteiger charge is -2.01. The predicted octanol–water partition coefficient (Wildman–Crippen LogP) is 2.41. The van der Waals surface area contributed by atoms with Crippen molar-refractivity contribution in [3.05, 3.63) is 28.6 Å². The summed E-state index contributed by atoms with van der Waals surface area (Å²) in [5.74, 6) is 0.268. The molecule has 0 aliphatic carbocycles. The molecule has 0 atom stereocenters. The number of rotatable bonds is 1. The molecule has 0 fully saturated rings. The maximum absolute atomic E-state index is 9.51. The van der Waals surface area contributed by atoms with Crippen LogP contribution in [0.4, 0.5) is 0 Å². The van der Waals surface area contributed by atoms with E-state index in [1.165, 1.54) is 11.3 Å². The van der Waals surface area contributed by atoms with E-state index in [1.54, 1.807) is 5.38 Å². The Hall–Kier alpha value is -1.06. The van der Waals surface area contributed by atoms with Crippen molar-refractivity contribution in [1.29, 1.82) is 0 Å². The van der Waals surface area contributed by atoms with Crippen molar-refractivity contribution < 1.29 is 10.2 Å². The molecule has 0 aliphatic rings. The van der Waals surface area contributed by atoms with E-state index in [0.717, 1.165) is 21.2 Å². The number of thiophene rings is 1. The molecule has 0 amide bonds. The summed E-state index contributed by atoms with van der Waals surface area (Å²) in [4.78, 5) is 0. The Morgan fingerprint density at radius 2 is 2.15 bits per heavy atom. The van der Waals surface area contributed by atoms with E-state index in [9.17, 15) is 5.11 Å². The zero-order valence-electron chi connectivity index (χ0n) is 7.24. The maximum Gasteiger partial charge on any atom is 0.134 e. The van der Waals surface area contributed by atoms with E-state index in [1.807, 2.05) is 19.1 Å². The number of benzene rings is 1. The van der Waals surface area contributed by atoms with Gasteiger partial charge in [0.1, 0.15) is 5.75 Å². The van der Waals surface area contributed by atoms with Crippen LogP contribution in [0.5, 0.6) is 5.75 Å². The fourth-order valence-corrected chi connectivity index (χ4v) is 2.48. The van der Waals surface area contributed by atoms with E-state index in [2.05, 4.69) is 0 Å². The first-order valence-electron chi connectivity index (χ1n) is 4.03. The normalized spacial score (nSPS) is 10.9. The van der Waals surface area contributed by atoms with Crippen molar-refractivity contribution >= 4 is 21.4 Å². The molecule has 1 aromatic carbocycles. The van der Waals surface area contributed by atoms with E-state index in [-0.39, 0.29) is 12.4 Å². The van der Waals surface area contributed by atoms with Gasteiger partial charge in [0, 0.05) is 15.5 Å². The Bertz CT molecular complexity index is 445. The third kappa shape index (κ3) is 1.30. The molecule has 13 heavy (non-hydrogen) atoms. The van der Waals surface area contributed by atoms with Gasteiger partial charge in [-0.25, -0.2) is 0 Å². The summed E-state index contributed by atoms with van der Waals surface area (Å²) in [5.41, 5.74) is 1.91. The highest BCUT2D eigenvalue weighted by Crippen LogP contribution is 2.34. The molecule has 68 valence electrons. The van der Waals surface area contributed by atoms with Crippen LogP contribution in [-0.4, -0.2) is 10.2 Å². The monoisotopic (exact) mass is 194 g/mol. The van der Waals surface area contributed by atoms with E-state index < -0.39 is 0 Å². The summed E-state index contributed by atoms with van der Waals surface area (Å²) in [6.07, 6.45) is 0. The molecule has 0 unspecified atom stereocenters. The average molecular weight is 194 g/mol. The van der Waals surface area contributed by atoms with Crippen LogP contribution in [0.25, 0.3) is 10.1 Å². The van der Waals surface area contributed by atoms with Gasteiger partial charge in [-0.3, -0.25) is 0 Å². The fourth-order valence-electron chi connectivity index (χ4n) is 1.51. The first-order chi connectivity index (χ1) is 6.22. The largest absolute Gasteiger partial charge is 0.506 e. The van der Waals surface area contributed by atoms with Crippen LogP contribution in [0.15, 0.2) is 17.5 Å². The summed E-state index contributed by atoms with van der Waals surface area (Å²) >= 11 is 1.50. The molecular formula is C10H10O2S. The molecule has 2 nitrogen and oxygen atoms in total. The van der Waals surface area contributed by atoms with Crippen LogP contribution in [0, 0.1) is 6.92 Å². The van der Waals surface area contributed by atoms with Gasteiger partial charge in [0.15, 0.2) is 0 Å². The first kappa shape index (κ1) is 8.53. The molecule has 0 saturated heterocycles. The molecule has 0 spiro atoms. The molecule has 1 aromatic heterocycles. The summed E-state index contributed by atoms with van der Waals surface area (Å²) in [7, 11) is 0. The minimum atomic E-state index is -0.0253. The molecule has 2 aromatic rings. The molecule has 2 rings (SSSR count). The Morgan fingerprint density at radius 3 is 2.85 bits per heavy atom. The Balaban J connectivity index is 2.85. The van der Waals surface area contributed by atoms with Gasteiger partial charge in [0.2, 0.25) is 0 Å². The fraction of sp³-hybridized carbons (Fsp3) is 0.200. The Morgan fingerprint density at radius 1 is 1.38 bits per heavy atom. The molecule has 2 N–H and O–H groups in total. The number of fused-ring (bicyclic) bond motifs is 1. The summed E-state index contributed by atoms with van der Waals surface area (Å²) in [6.45, 7) is 1.96. The van der Waals surface area contributed by atoms with Gasteiger partial charge in [-0.05, 0) is 24.1 Å². The Labute approximate surface area is 80.1 Å². The van der Waals surface area contributed by atoms with Crippen molar-refractivity contribution in [2.45, 2.75) is 13.5 Å². The number of aromatic hydroxyl groups is 1. The molecule has 0 aliphatic heterocycles. The van der Waals surface area contributed by atoms with Crippen LogP contribution in [0.2, 0.25) is 0 Å². The second-order valence-electron chi connectivity index (χ2n) is 3.08. The highest BCUT2D eigenvalue weighted by atomic mass is 32.1. The van der Waals surface area contributed by atoms with Crippen LogP contribution < -0.4 is 0 Å². The lowest BCUT2D eigenvalue weighted by molar-refractivity contribution is 0.283. The van der Waals surface area contributed by atoms with Crippen molar-refractivity contribution in [2.75, 3.05) is 0 Å². The first-order valence-corrected chi connectivity index (χ1v) is 4.91. The van der Waals surface area contributed by atoms with Crippen molar-refractivity contribution in [2.24, 2.45) is 0 Å². The second kappa shape index (κ2) is 3.01. The van der Waals surface area contributed by atoms with Crippen LogP contribution >= 0.6 is 11.3 Å². The number of aliphatic hydroxyl groups is 1. The quantitative estimate of drug-likeness (QED) is 0.731. The summed E-state index contributed by atoms with van der Waals surface area (Å²) < 4.78 is 1.03. The lowest BCUT2D eigenvalue weighted by atomic mass is 10.1. The van der Waals surface area contributed by atoms with Gasteiger partial charge >= 0.3 is 0 Å². The summed E-state index contributed by atoms with van der Waals surface area (Å²) in [6, 6.07) is 3.91. The minimum Gasteiger partial charge on any atom is -0.506 e. The predicted molar refractivity (Wildman–Crippen MR) is 54.1 cm³/mol. The van der Waals surface area contributed by atoms with Crippen LogP contribution in [0.1, 0.15) is 11.1 Å². The van der Waals surface area contributed by atoms with E-state index >= 15 is 0 Å². The van der Waals surface area contributed by atoms with Crippen molar-refractivity contribution in [3.63, 3.8) is 0 Å². The minimum absolute atomic E-state index is 0.0253. The van der Waals surface area contributed by atoms with Gasteiger partial charge in [-0.1, -0.05) is 6.07 Å². The third-order valence-corrected chi connectivity index (χ3v) is 2.97. The highest BCUT2D eigenvalue weighted by Gasteiger charge is 2.07. The number of aryl methyl sites for hydroxylation is 1. The van der Waals surface area contributed by atoms with Gasteiger partial charge in [0.25, 0.3) is 0 Å². The van der Waals surface area contributed by atoms with Gasteiger partial charge in [-0.15, -0.1) is 11.3 Å². The zero-order valence-corrected chi connectivity index (χ0v) is 8.06. The maximum atomic E-state index is 9.51. The van der Waals surface area contributed by atoms with Crippen LogP contribution in [0.3, 0.4) is 0 Å². The molecule has 3 heteroatoms. The van der Waals surface area contributed by atoms with Crippen molar-refractivity contribution in [1.82, 2.24) is 0 Å². The van der Waals surface area contributed by atoms with Crippen molar-refractivity contribution in [3.8, 4) is 5.75 Å². The average Bonchev–Trinajstić information content (AvgIpc) is 2.46. The SMILES string of the molecule is Cc1cc(CO)c2c(O)csc2c1. The number of aliphatic hydroxyl groups excluding tert-OH is 1. The highest BCUT2D eigenvalue weighted by molar-refractivity contribution is 7.17. The zero-order chi connectivity index (χ0) is 9.42. The summed E-state index contributed by atoms with van der Waals surface area (Å²) in [5, 5.41) is 21.1. The van der Waals surface area contributed by atoms with Gasteiger partial charge in [0.05, 0.1) is 6.61 Å². The number of hydrogen-bond donors (Lipinski definition) is 2. The molecule has 0 bridgehead atoms. The molecule has 0 radical (unpaired) electrons. The van der Waals surface area contributed by atoms with Crippen LogP contribution in [-0.2, 0) is 6.61 Å². The van der Waals surface area contributed by atoms with Gasteiger partial charge in [-0.2, -0.15) is 0 Å². The second-order valence-corrected chi connectivity index (χ2v) is 3.99. The van der Waals surface area contributed by atoms with E-state index in [4.69, 9.17) is 5.11 Å². The smallest absolute Gasteiger partial charge is 0.134 e.